The monoisotopic (exact) mass is 450 g/mol. The van der Waals surface area contributed by atoms with Crippen LogP contribution in [-0.2, 0) is 6.61 Å². The predicted molar refractivity (Wildman–Crippen MR) is 125 cm³/mol. The molecule has 3 aromatic carbocycles. The number of ether oxygens (including phenoxy) is 5. The van der Waals surface area contributed by atoms with Gasteiger partial charge in [0.15, 0.2) is 28.8 Å². The van der Waals surface area contributed by atoms with E-state index in [2.05, 4.69) is 0 Å². The van der Waals surface area contributed by atoms with Crippen LogP contribution in [0.3, 0.4) is 0 Å². The van der Waals surface area contributed by atoms with Crippen LogP contribution in [0.1, 0.15) is 21.5 Å². The lowest BCUT2D eigenvalue weighted by atomic mass is 10.0. The van der Waals surface area contributed by atoms with Crippen LogP contribution < -0.4 is 23.7 Å². The van der Waals surface area contributed by atoms with Gasteiger partial charge in [-0.2, -0.15) is 0 Å². The lowest BCUT2D eigenvalue weighted by Gasteiger charge is -2.17. The molecule has 1 N–H and O–H groups in total. The number of hydrogen-bond acceptors (Lipinski definition) is 7. The van der Waals surface area contributed by atoms with Crippen molar-refractivity contribution in [3.63, 3.8) is 0 Å². The zero-order chi connectivity index (χ0) is 23.8. The molecular weight excluding hydrogens is 424 g/mol. The highest BCUT2D eigenvalue weighted by Crippen LogP contribution is 2.45. The molecule has 3 rings (SSSR count). The Morgan fingerprint density at radius 2 is 1.52 bits per heavy atom. The van der Waals surface area contributed by atoms with Crippen molar-refractivity contribution in [2.75, 3.05) is 28.4 Å². The second-order valence-electron chi connectivity index (χ2n) is 6.92. The summed E-state index contributed by atoms with van der Waals surface area (Å²) in [5.41, 5.74) is 1.61. The standard InChI is InChI=1S/C26H26O7/c1-29-21-13-11-17(14-22(21)30-2)10-12-19(27)24-20(28)15-23(31-3)25(26(24)32-4)33-16-18-8-6-5-7-9-18/h5-15,28H,16H2,1-4H3/b12-10+. The van der Waals surface area contributed by atoms with Crippen molar-refractivity contribution in [1.82, 2.24) is 0 Å². The molecular formula is C26H26O7. The fourth-order valence-electron chi connectivity index (χ4n) is 3.27. The molecule has 172 valence electrons. The van der Waals surface area contributed by atoms with Gasteiger partial charge in [-0.05, 0) is 29.3 Å². The van der Waals surface area contributed by atoms with Gasteiger partial charge in [0.05, 0.1) is 28.4 Å². The number of rotatable bonds is 10. The average molecular weight is 450 g/mol. The topological polar surface area (TPSA) is 83.5 Å². The van der Waals surface area contributed by atoms with E-state index in [0.717, 1.165) is 5.56 Å². The quantitative estimate of drug-likeness (QED) is 0.347. The maximum Gasteiger partial charge on any atom is 0.204 e. The van der Waals surface area contributed by atoms with Crippen LogP contribution in [0.15, 0.2) is 60.7 Å². The van der Waals surface area contributed by atoms with Crippen molar-refractivity contribution in [1.29, 1.82) is 0 Å². The predicted octanol–water partition coefficient (Wildman–Crippen LogP) is 4.90. The Bertz CT molecular complexity index is 1140. The van der Waals surface area contributed by atoms with E-state index in [1.807, 2.05) is 30.3 Å². The van der Waals surface area contributed by atoms with Crippen LogP contribution in [0.4, 0.5) is 0 Å². The molecule has 0 aliphatic carbocycles. The van der Waals surface area contributed by atoms with Gasteiger partial charge in [-0.25, -0.2) is 0 Å². The van der Waals surface area contributed by atoms with Gasteiger partial charge in [-0.1, -0.05) is 42.5 Å². The first-order chi connectivity index (χ1) is 16.0. The Hall–Kier alpha value is -4.13. The molecule has 0 aliphatic heterocycles. The number of carbonyl (C=O) groups excluding carboxylic acids is 1. The number of benzene rings is 3. The molecule has 0 bridgehead atoms. The van der Waals surface area contributed by atoms with Crippen LogP contribution in [-0.4, -0.2) is 39.3 Å². The average Bonchev–Trinajstić information content (AvgIpc) is 2.85. The van der Waals surface area contributed by atoms with E-state index in [9.17, 15) is 9.90 Å². The zero-order valence-electron chi connectivity index (χ0n) is 19.0. The summed E-state index contributed by atoms with van der Waals surface area (Å²) in [5, 5.41) is 10.6. The number of hydrogen-bond donors (Lipinski definition) is 1. The Morgan fingerprint density at radius 3 is 2.15 bits per heavy atom. The summed E-state index contributed by atoms with van der Waals surface area (Å²) in [7, 11) is 5.93. The van der Waals surface area contributed by atoms with E-state index in [1.165, 1.54) is 33.5 Å². The number of ketones is 1. The smallest absolute Gasteiger partial charge is 0.204 e. The summed E-state index contributed by atoms with van der Waals surface area (Å²) in [5.74, 6) is 0.934. The van der Waals surface area contributed by atoms with Gasteiger partial charge >= 0.3 is 0 Å². The Kier molecular flexibility index (Phi) is 7.81. The number of allylic oxidation sites excluding steroid dienone is 1. The van der Waals surface area contributed by atoms with Gasteiger partial charge in [-0.15, -0.1) is 0 Å². The number of methoxy groups -OCH3 is 4. The third-order valence-electron chi connectivity index (χ3n) is 4.91. The number of carbonyl (C=O) groups is 1. The summed E-state index contributed by atoms with van der Waals surface area (Å²) in [6.07, 6.45) is 2.95. The summed E-state index contributed by atoms with van der Waals surface area (Å²) in [6.45, 7) is 0.230. The first kappa shape index (κ1) is 23.5. The van der Waals surface area contributed by atoms with Gasteiger partial charge in [0.25, 0.3) is 0 Å². The van der Waals surface area contributed by atoms with Crippen LogP contribution >= 0.6 is 0 Å². The molecule has 0 radical (unpaired) electrons. The van der Waals surface area contributed by atoms with E-state index in [-0.39, 0.29) is 35.2 Å². The number of phenolic OH excluding ortho intramolecular Hbond substituents is 1. The van der Waals surface area contributed by atoms with Crippen LogP contribution in [0.5, 0.6) is 34.5 Å². The first-order valence-corrected chi connectivity index (χ1v) is 10.1. The molecule has 3 aromatic rings. The maximum atomic E-state index is 13.0. The second kappa shape index (κ2) is 10.9. The van der Waals surface area contributed by atoms with Crippen molar-refractivity contribution in [3.05, 3.63) is 77.4 Å². The molecule has 0 amide bonds. The van der Waals surface area contributed by atoms with Crippen LogP contribution in [0.2, 0.25) is 0 Å². The second-order valence-corrected chi connectivity index (χ2v) is 6.92. The molecule has 0 aromatic heterocycles. The SMILES string of the molecule is COc1ccc(/C=C/C(=O)c2c(O)cc(OC)c(OCc3ccccc3)c2OC)cc1OC. The largest absolute Gasteiger partial charge is 0.507 e. The molecule has 0 aliphatic rings. The molecule has 7 nitrogen and oxygen atoms in total. The molecule has 0 saturated carbocycles. The van der Waals surface area contributed by atoms with E-state index in [1.54, 1.807) is 31.4 Å². The highest BCUT2D eigenvalue weighted by atomic mass is 16.5. The Balaban J connectivity index is 1.94. The minimum absolute atomic E-state index is 0.0295. The molecule has 0 atom stereocenters. The normalized spacial score (nSPS) is 10.7. The summed E-state index contributed by atoms with van der Waals surface area (Å²) in [4.78, 5) is 13.0. The van der Waals surface area contributed by atoms with E-state index >= 15 is 0 Å². The van der Waals surface area contributed by atoms with Crippen molar-refractivity contribution < 1.29 is 33.6 Å². The lowest BCUT2D eigenvalue weighted by Crippen LogP contribution is -2.05. The number of aromatic hydroxyl groups is 1. The highest BCUT2D eigenvalue weighted by molar-refractivity contribution is 6.11. The Labute approximate surface area is 192 Å². The van der Waals surface area contributed by atoms with Gasteiger partial charge in [0, 0.05) is 6.07 Å². The van der Waals surface area contributed by atoms with Crippen molar-refractivity contribution in [3.8, 4) is 34.5 Å². The minimum atomic E-state index is -0.466. The molecule has 0 heterocycles. The molecule has 33 heavy (non-hydrogen) atoms. The van der Waals surface area contributed by atoms with Crippen LogP contribution in [0.25, 0.3) is 6.08 Å². The fourth-order valence-corrected chi connectivity index (χ4v) is 3.27. The third-order valence-corrected chi connectivity index (χ3v) is 4.91. The first-order valence-electron chi connectivity index (χ1n) is 10.1. The maximum absolute atomic E-state index is 13.0. The highest BCUT2D eigenvalue weighted by Gasteiger charge is 2.25. The van der Waals surface area contributed by atoms with Crippen molar-refractivity contribution in [2.45, 2.75) is 6.61 Å². The summed E-state index contributed by atoms with van der Waals surface area (Å²) >= 11 is 0. The lowest BCUT2D eigenvalue weighted by molar-refractivity contribution is 0.104. The van der Waals surface area contributed by atoms with Crippen molar-refractivity contribution in [2.24, 2.45) is 0 Å². The van der Waals surface area contributed by atoms with Gasteiger partial charge in [0.1, 0.15) is 17.9 Å². The van der Waals surface area contributed by atoms with Gasteiger partial charge < -0.3 is 28.8 Å². The molecule has 7 heteroatoms. The van der Waals surface area contributed by atoms with E-state index in [0.29, 0.717) is 17.1 Å². The molecule has 0 unspecified atom stereocenters. The zero-order valence-corrected chi connectivity index (χ0v) is 19.0. The van der Waals surface area contributed by atoms with Crippen molar-refractivity contribution >= 4 is 11.9 Å². The molecule has 0 spiro atoms. The van der Waals surface area contributed by atoms with Gasteiger partial charge in [-0.3, -0.25) is 4.79 Å². The van der Waals surface area contributed by atoms with Crippen LogP contribution in [0, 0.1) is 0 Å². The Morgan fingerprint density at radius 1 is 0.818 bits per heavy atom. The van der Waals surface area contributed by atoms with E-state index in [4.69, 9.17) is 23.7 Å². The molecule has 0 fully saturated rings. The summed E-state index contributed by atoms with van der Waals surface area (Å²) < 4.78 is 27.3. The number of phenols is 1. The third kappa shape index (κ3) is 5.38. The molecule has 0 saturated heterocycles. The minimum Gasteiger partial charge on any atom is -0.507 e. The summed E-state index contributed by atoms with van der Waals surface area (Å²) in [6, 6.07) is 16.1. The fraction of sp³-hybridized carbons (Fsp3) is 0.192. The van der Waals surface area contributed by atoms with E-state index < -0.39 is 5.78 Å². The van der Waals surface area contributed by atoms with Gasteiger partial charge in [0.2, 0.25) is 5.75 Å².